The number of carbonyl (C=O) groups is 2. The Hall–Kier alpha value is -1.42. The molecule has 0 saturated heterocycles. The molecule has 9 atom stereocenters. The standard InChI is InChI=1S/C32H6.C16H19N3O4S.C16H19N3O2S.C14H16BrN3OS.C8H19N.C6H12O.ClH.3K.HO4P.H14P12/c1-3-5-7-9-11-13-15-17-19-21-23-25-27-29-31-32-30-28-26-24-22-20-18-16-14-12-10-8-6-4-2;1-9-12-8-17-16(24(3,22)23)18-14(12)19(11-6-4-5-7-11)15(21)13(9)10(2)20;1-9-12-8-17-16(22-3)18-14(12)19(11-6-4-5-7-11)15(21)13(9)10(2)20;1-8-10-7-16-14(20-2)17-12(10)18(13(19)11(8)15)9-5-3-4-6-9;1-6-9(7(2)3)8(4)5;1-3-5-6-7-4-2;;;;;1-4-5(2)3;1-8(2)11(7)12(9(3)4)10(5)6/h1-2H3;8,11H,4-7H2,1-3H3;8,11H,4-7H2,1-3H3;7,9H,3-6H2,1-2H3;7-8H,6H2,1-5H3;4H,2-3,5-6H2,1H3;1H;;;;1H;1-7H2/q;;;;;;;;;+1;;/p-1. The van der Waals surface area contributed by atoms with E-state index < -0.39 is 23.7 Å². The zero-order chi connectivity index (χ0) is 100. The summed E-state index contributed by atoms with van der Waals surface area (Å²) in [5.74, 6) is 75.1. The summed E-state index contributed by atoms with van der Waals surface area (Å²) in [6.07, 6.45) is 25.9. The van der Waals surface area contributed by atoms with Gasteiger partial charge in [-0.2, -0.15) is 4.98 Å². The van der Waals surface area contributed by atoms with Gasteiger partial charge in [0.05, 0.1) is 28.5 Å². The van der Waals surface area contributed by atoms with Gasteiger partial charge in [-0.05, 0) is 307 Å². The summed E-state index contributed by atoms with van der Waals surface area (Å²) < 4.78 is 45.5. The molecule has 696 valence electrons. The molecule has 6 aromatic heterocycles. The van der Waals surface area contributed by atoms with E-state index in [-0.39, 0.29) is 156 Å². The Morgan fingerprint density at radius 1 is 0.563 bits per heavy atom. The summed E-state index contributed by atoms with van der Waals surface area (Å²) in [5.41, 5.74) is 3.70. The van der Waals surface area contributed by atoms with Crippen molar-refractivity contribution in [3.8, 4) is 178 Å². The van der Waals surface area contributed by atoms with Gasteiger partial charge in [0.25, 0.3) is 16.7 Å². The van der Waals surface area contributed by atoms with Crippen LogP contribution >= 0.6 is 158 Å². The van der Waals surface area contributed by atoms with E-state index in [2.05, 4.69) is 344 Å². The van der Waals surface area contributed by atoms with E-state index in [0.29, 0.717) is 54.7 Å². The molecular formula is C92H106BrClK3N10O12P13S3. The van der Waals surface area contributed by atoms with Crippen LogP contribution in [0.2, 0.25) is 0 Å². The summed E-state index contributed by atoms with van der Waals surface area (Å²) in [4.78, 5) is 99.6. The summed E-state index contributed by atoms with van der Waals surface area (Å²) >= 11 is 8.89. The minimum absolute atomic E-state index is 0. The van der Waals surface area contributed by atoms with Crippen LogP contribution in [-0.4, -0.2) is 176 Å². The van der Waals surface area contributed by atoms with E-state index in [1.807, 2.05) is 37.1 Å². The van der Waals surface area contributed by atoms with Crippen molar-refractivity contribution in [1.82, 2.24) is 48.5 Å². The van der Waals surface area contributed by atoms with Gasteiger partial charge in [0.1, 0.15) is 16.9 Å². The first-order chi connectivity index (χ1) is 63.5. The molecule has 43 heteroatoms. The molecular weight excluding hydrogens is 2170 g/mol. The van der Waals surface area contributed by atoms with Gasteiger partial charge < -0.3 is 14.9 Å². The molecule has 0 radical (unpaired) electrons. The number of hydrogen-bond acceptors (Lipinski definition) is 21. The average molecular weight is 2280 g/mol. The van der Waals surface area contributed by atoms with Gasteiger partial charge in [-0.3, -0.25) is 42.6 Å². The number of ether oxygens (including phenoxy) is 1. The van der Waals surface area contributed by atoms with Crippen molar-refractivity contribution in [3.05, 3.63) is 94.8 Å². The third kappa shape index (κ3) is 51.5. The van der Waals surface area contributed by atoms with Crippen LogP contribution in [0, 0.1) is 198 Å². The van der Waals surface area contributed by atoms with Crippen molar-refractivity contribution in [1.29, 1.82) is 0 Å². The Morgan fingerprint density at radius 3 is 1.07 bits per heavy atom. The number of ketones is 2. The normalized spacial score (nSPS) is 11.8. The maximum atomic E-state index is 12.9. The van der Waals surface area contributed by atoms with Crippen molar-refractivity contribution in [2.24, 2.45) is 0 Å². The number of sulfone groups is 1. The minimum atomic E-state index is -3.59. The van der Waals surface area contributed by atoms with Crippen LogP contribution in [0.15, 0.2) is 65.8 Å². The molecule has 22 nitrogen and oxygen atoms in total. The second kappa shape index (κ2) is 79.8. The molecule has 0 amide bonds. The summed E-state index contributed by atoms with van der Waals surface area (Å²) in [6.45, 7) is 31.0. The van der Waals surface area contributed by atoms with Crippen molar-refractivity contribution in [2.45, 2.75) is 226 Å². The van der Waals surface area contributed by atoms with Crippen molar-refractivity contribution < 1.29 is 93.5 Å². The fourth-order valence-corrected chi connectivity index (χ4v) is 117. The van der Waals surface area contributed by atoms with Gasteiger partial charge in [-0.25, -0.2) is 38.0 Å². The van der Waals surface area contributed by atoms with Gasteiger partial charge in [-0.15, -0.1) is 74.9 Å². The molecule has 0 aromatic carbocycles. The van der Waals surface area contributed by atoms with E-state index in [4.69, 9.17) is 19.5 Å². The summed E-state index contributed by atoms with van der Waals surface area (Å²) in [7, 11) is 14.3. The number of Topliss-reactive ketones (excluding diaryl/α,β-unsaturated/α-hetero) is 2. The quantitative estimate of drug-likeness (QED) is 0.00655. The molecule has 9 unspecified atom stereocenters. The number of nitrogens with zero attached hydrogens (tertiary/aromatic N) is 10. The van der Waals surface area contributed by atoms with Crippen LogP contribution in [0.25, 0.3) is 33.1 Å². The second-order valence-electron chi connectivity index (χ2n) is 27.7. The number of rotatable bonds is 20. The Balaban J connectivity index is 0. The molecule has 0 aliphatic heterocycles. The molecule has 6 aromatic rings. The molecule has 3 aliphatic carbocycles. The molecule has 0 N–H and O–H groups in total. The van der Waals surface area contributed by atoms with Crippen molar-refractivity contribution in [3.63, 3.8) is 0 Å². The van der Waals surface area contributed by atoms with Gasteiger partial charge >= 0.3 is 123 Å². The summed E-state index contributed by atoms with van der Waals surface area (Å²) in [5, 5.41) is 11.9. The number of pyridine rings is 3. The Labute approximate surface area is 932 Å². The number of aryl methyl sites for hydroxylation is 3. The van der Waals surface area contributed by atoms with Gasteiger partial charge in [0, 0.05) is 142 Å². The Kier molecular flexibility index (Phi) is 80.2. The van der Waals surface area contributed by atoms with Gasteiger partial charge in [0.2, 0.25) is 15.0 Å². The van der Waals surface area contributed by atoms with Crippen LogP contribution in [0.4, 0.5) is 0 Å². The van der Waals surface area contributed by atoms with Crippen LogP contribution in [0.5, 0.6) is 0 Å². The zero-order valence-corrected chi connectivity index (χ0v) is 107. The molecule has 0 spiro atoms. The molecule has 3 saturated carbocycles. The number of fused-ring (bicyclic) bond motifs is 3. The first kappa shape index (κ1) is 136. The average Bonchev–Trinajstić information content (AvgIpc) is 1.66. The number of hydrogen-bond donors (Lipinski definition) is 0. The van der Waals surface area contributed by atoms with Crippen LogP contribution in [0.1, 0.15) is 215 Å². The topological polar surface area (TPSA) is 297 Å². The molecule has 3 aliphatic rings. The third-order valence-corrected chi connectivity index (χ3v) is 87.9. The third-order valence-electron chi connectivity index (χ3n) is 18.2. The van der Waals surface area contributed by atoms with Crippen molar-refractivity contribution in [2.75, 3.05) is 31.9 Å². The number of thioether (sulfide) groups is 2. The predicted molar refractivity (Wildman–Crippen MR) is 594 cm³/mol. The van der Waals surface area contributed by atoms with E-state index in [1.165, 1.54) is 137 Å². The van der Waals surface area contributed by atoms with E-state index in [0.717, 1.165) is 112 Å². The zero-order valence-electron chi connectivity index (χ0n) is 79.3. The van der Waals surface area contributed by atoms with Crippen molar-refractivity contribution >= 4 is 275 Å². The Bertz CT molecular complexity index is 6320. The Morgan fingerprint density at radius 2 is 0.844 bits per heavy atom. The van der Waals surface area contributed by atoms with E-state index in [9.17, 15) is 32.4 Å². The monoisotopic (exact) mass is 2270 g/mol. The molecule has 0 bridgehead atoms. The molecule has 135 heavy (non-hydrogen) atoms. The summed E-state index contributed by atoms with van der Waals surface area (Å²) in [6, 6.07) is 1.72. The number of halogens is 2. The van der Waals surface area contributed by atoms with E-state index in [1.54, 1.807) is 31.5 Å². The predicted octanol–water partition coefficient (Wildman–Crippen LogP) is 15.4. The van der Waals surface area contributed by atoms with Crippen LogP contribution < -0.4 is 78.2 Å². The first-order valence-electron chi connectivity index (χ1n) is 41.2. The number of aromatic nitrogens is 9. The van der Waals surface area contributed by atoms with Crippen LogP contribution in [0.3, 0.4) is 0 Å². The number of carbonyl (C=O) groups excluding carboxylic acids is 2. The van der Waals surface area contributed by atoms with Gasteiger partial charge in [-0.1, -0.05) is 101 Å². The molecule has 9 rings (SSSR count). The van der Waals surface area contributed by atoms with Crippen LogP contribution in [-0.2, 0) is 23.8 Å². The number of unbranched alkanes of at least 4 members (excludes halogenated alkanes) is 1. The fourth-order valence-electron chi connectivity index (χ4n) is 12.6. The molecule has 6 heterocycles. The van der Waals surface area contributed by atoms with Gasteiger partial charge in [0.15, 0.2) is 21.9 Å². The first-order valence-corrected chi connectivity index (χ1v) is 84.2. The second-order valence-corrected chi connectivity index (χ2v) is 77.5. The SMILES string of the molecule is C=COCCCC.CC#CC#CC#CC#CC#CC#CC#CC#CC#CC#CC#CC#CC#CC#CC#CC.CC(=O)c1c(C)c2cnc(S(C)(=O)=O)nc2n(C2CCCC2)c1=O.CCN(C(C)C)C(C)C.CSc1ncc2c(C)c(Br)c(=O)n(C3CCCC3)c2n1.CSc1ncc2c(C)c(C(C)=O)c(=O)n(C3CCCC3)c2n1.Cl.O=[P+]([O-])O[O-].PP(P)P(P)P(P(P)P)P(P)P.[K+].[K][K]. The fraction of sp³-hybridized carbons (Fsp3) is 0.402. The molecule has 3 fully saturated rings. The van der Waals surface area contributed by atoms with E-state index >= 15 is 0 Å². The maximum absolute atomic E-state index is 12.9.